The van der Waals surface area contributed by atoms with Gasteiger partial charge < -0.3 is 19.9 Å². The lowest BCUT2D eigenvalue weighted by molar-refractivity contribution is -0.121. The fraction of sp³-hybridized carbons (Fsp3) is 0.926. The second kappa shape index (κ2) is 21.2. The van der Waals surface area contributed by atoms with Gasteiger partial charge in [0.1, 0.15) is 0 Å². The molecule has 0 aromatic heterocycles. The van der Waals surface area contributed by atoms with Gasteiger partial charge in [-0.15, -0.1) is 0 Å². The van der Waals surface area contributed by atoms with Crippen molar-refractivity contribution >= 4 is 12.0 Å². The third-order valence-corrected chi connectivity index (χ3v) is 6.64. The third kappa shape index (κ3) is 17.8. The van der Waals surface area contributed by atoms with Gasteiger partial charge in [-0.1, -0.05) is 96.8 Å². The van der Waals surface area contributed by atoms with E-state index in [9.17, 15) is 9.59 Å². The molecule has 1 N–H and O–H groups in total. The molecule has 0 aliphatic carbocycles. The summed E-state index contributed by atoms with van der Waals surface area (Å²) in [5.41, 5.74) is 0. The lowest BCUT2D eigenvalue weighted by Crippen LogP contribution is -2.47. The standard InChI is InChI=1S/C27H53N3O3/c1-3-4-5-6-7-8-9-10-11-12-13-14-15-16-17-19-26(31)28-20-18-25-33-27(32)30-23-21-29(2)22-24-30/h3-25H2,1-2H3,(H,28,31). The molecule has 6 nitrogen and oxygen atoms in total. The molecule has 0 spiro atoms. The number of likely N-dealkylation sites (N-methyl/N-ethyl adjacent to an activating group) is 1. The van der Waals surface area contributed by atoms with Crippen LogP contribution < -0.4 is 5.32 Å². The zero-order chi connectivity index (χ0) is 24.0. The van der Waals surface area contributed by atoms with E-state index in [0.29, 0.717) is 26.0 Å². The Bertz CT molecular complexity index is 479. The number of hydrogen-bond donors (Lipinski definition) is 1. The van der Waals surface area contributed by atoms with E-state index in [4.69, 9.17) is 4.74 Å². The number of rotatable bonds is 20. The molecule has 0 unspecified atom stereocenters. The van der Waals surface area contributed by atoms with Crippen LogP contribution in [0, 0.1) is 0 Å². The van der Waals surface area contributed by atoms with Crippen LogP contribution in [0.1, 0.15) is 116 Å². The second-order valence-electron chi connectivity index (χ2n) is 9.81. The van der Waals surface area contributed by atoms with Crippen molar-refractivity contribution in [1.82, 2.24) is 15.1 Å². The lowest BCUT2D eigenvalue weighted by atomic mass is 10.0. The Balaban J connectivity index is 1.78. The highest BCUT2D eigenvalue weighted by atomic mass is 16.6. The van der Waals surface area contributed by atoms with Gasteiger partial charge in [-0.3, -0.25) is 4.79 Å². The largest absolute Gasteiger partial charge is 0.449 e. The Morgan fingerprint density at radius 3 is 1.70 bits per heavy atom. The lowest BCUT2D eigenvalue weighted by Gasteiger charge is -2.31. The molecule has 1 aliphatic rings. The van der Waals surface area contributed by atoms with Crippen molar-refractivity contribution in [1.29, 1.82) is 0 Å². The molecule has 0 aromatic rings. The highest BCUT2D eigenvalue weighted by molar-refractivity contribution is 5.75. The van der Waals surface area contributed by atoms with E-state index in [2.05, 4.69) is 24.2 Å². The molecular formula is C27H53N3O3. The van der Waals surface area contributed by atoms with Crippen LogP contribution in [0.15, 0.2) is 0 Å². The smallest absolute Gasteiger partial charge is 0.409 e. The van der Waals surface area contributed by atoms with E-state index in [1.807, 2.05) is 0 Å². The van der Waals surface area contributed by atoms with Gasteiger partial charge in [-0.05, 0) is 19.9 Å². The van der Waals surface area contributed by atoms with Gasteiger partial charge in [0.25, 0.3) is 0 Å². The van der Waals surface area contributed by atoms with Gasteiger partial charge in [0, 0.05) is 39.1 Å². The fourth-order valence-electron chi connectivity index (χ4n) is 4.29. The maximum Gasteiger partial charge on any atom is 0.409 e. The predicted molar refractivity (Wildman–Crippen MR) is 138 cm³/mol. The summed E-state index contributed by atoms with van der Waals surface area (Å²) >= 11 is 0. The molecule has 0 atom stereocenters. The minimum atomic E-state index is -0.229. The highest BCUT2D eigenvalue weighted by Gasteiger charge is 2.19. The van der Waals surface area contributed by atoms with Gasteiger partial charge >= 0.3 is 6.09 Å². The Hall–Kier alpha value is -1.30. The normalized spacial score (nSPS) is 14.4. The summed E-state index contributed by atoms with van der Waals surface area (Å²) in [6.07, 6.45) is 21.1. The van der Waals surface area contributed by atoms with E-state index < -0.39 is 0 Å². The van der Waals surface area contributed by atoms with Crippen molar-refractivity contribution in [3.63, 3.8) is 0 Å². The first kappa shape index (κ1) is 29.7. The zero-order valence-electron chi connectivity index (χ0n) is 21.9. The number of nitrogens with one attached hydrogen (secondary N) is 1. The summed E-state index contributed by atoms with van der Waals surface area (Å²) in [5.74, 6) is 0.120. The third-order valence-electron chi connectivity index (χ3n) is 6.64. The summed E-state index contributed by atoms with van der Waals surface area (Å²) in [6.45, 7) is 6.46. The van der Waals surface area contributed by atoms with Crippen molar-refractivity contribution < 1.29 is 14.3 Å². The topological polar surface area (TPSA) is 61.9 Å². The Kier molecular flexibility index (Phi) is 19.1. The SMILES string of the molecule is CCCCCCCCCCCCCCCCCC(=O)NCCCOC(=O)N1CCN(C)CC1. The van der Waals surface area contributed by atoms with Gasteiger partial charge in [-0.25, -0.2) is 4.79 Å². The average Bonchev–Trinajstić information content (AvgIpc) is 2.81. The molecule has 0 aromatic carbocycles. The van der Waals surface area contributed by atoms with Crippen molar-refractivity contribution in [3.05, 3.63) is 0 Å². The van der Waals surface area contributed by atoms with Crippen molar-refractivity contribution in [2.24, 2.45) is 0 Å². The molecule has 1 saturated heterocycles. The van der Waals surface area contributed by atoms with Crippen molar-refractivity contribution in [2.75, 3.05) is 46.4 Å². The zero-order valence-corrected chi connectivity index (χ0v) is 21.9. The van der Waals surface area contributed by atoms with Gasteiger partial charge in [0.15, 0.2) is 0 Å². The van der Waals surface area contributed by atoms with E-state index in [-0.39, 0.29) is 12.0 Å². The van der Waals surface area contributed by atoms with Crippen molar-refractivity contribution in [2.45, 2.75) is 116 Å². The minimum absolute atomic E-state index is 0.120. The van der Waals surface area contributed by atoms with Crippen LogP contribution in [0.5, 0.6) is 0 Å². The molecule has 1 aliphatic heterocycles. The first-order valence-corrected chi connectivity index (χ1v) is 14.0. The Morgan fingerprint density at radius 2 is 1.18 bits per heavy atom. The molecule has 1 fully saturated rings. The van der Waals surface area contributed by atoms with E-state index in [0.717, 1.165) is 39.0 Å². The van der Waals surface area contributed by atoms with Gasteiger partial charge in [-0.2, -0.15) is 0 Å². The molecule has 2 amide bonds. The number of ether oxygens (including phenoxy) is 1. The number of hydrogen-bond acceptors (Lipinski definition) is 4. The minimum Gasteiger partial charge on any atom is -0.449 e. The predicted octanol–water partition coefficient (Wildman–Crippen LogP) is 6.14. The number of nitrogens with zero attached hydrogens (tertiary/aromatic N) is 2. The maximum absolute atomic E-state index is 12.0. The van der Waals surface area contributed by atoms with Crippen LogP contribution in [0.2, 0.25) is 0 Å². The molecule has 0 saturated carbocycles. The van der Waals surface area contributed by atoms with Crippen LogP contribution in [0.25, 0.3) is 0 Å². The van der Waals surface area contributed by atoms with Crippen LogP contribution in [0.3, 0.4) is 0 Å². The van der Waals surface area contributed by atoms with E-state index >= 15 is 0 Å². The molecule has 6 heteroatoms. The molecule has 1 rings (SSSR count). The van der Waals surface area contributed by atoms with Gasteiger partial charge in [0.2, 0.25) is 5.91 Å². The highest BCUT2D eigenvalue weighted by Crippen LogP contribution is 2.13. The Labute approximate surface area is 204 Å². The molecule has 0 radical (unpaired) electrons. The summed E-state index contributed by atoms with van der Waals surface area (Å²) < 4.78 is 5.31. The summed E-state index contributed by atoms with van der Waals surface area (Å²) in [5, 5.41) is 2.94. The maximum atomic E-state index is 12.0. The van der Waals surface area contributed by atoms with Crippen LogP contribution >= 0.6 is 0 Å². The molecule has 194 valence electrons. The quantitative estimate of drug-likeness (QED) is 0.219. The summed E-state index contributed by atoms with van der Waals surface area (Å²) in [7, 11) is 2.06. The second-order valence-corrected chi connectivity index (χ2v) is 9.81. The van der Waals surface area contributed by atoms with Gasteiger partial charge in [0.05, 0.1) is 6.61 Å². The average molecular weight is 468 g/mol. The number of unbranched alkanes of at least 4 members (excludes halogenated alkanes) is 14. The van der Waals surface area contributed by atoms with Crippen LogP contribution in [-0.2, 0) is 9.53 Å². The van der Waals surface area contributed by atoms with Crippen LogP contribution in [0.4, 0.5) is 4.79 Å². The van der Waals surface area contributed by atoms with E-state index in [1.54, 1.807) is 4.90 Å². The molecule has 1 heterocycles. The fourth-order valence-corrected chi connectivity index (χ4v) is 4.29. The monoisotopic (exact) mass is 467 g/mol. The Morgan fingerprint density at radius 1 is 0.697 bits per heavy atom. The first-order chi connectivity index (χ1) is 16.1. The number of carbonyl (C=O) groups is 2. The summed E-state index contributed by atoms with van der Waals surface area (Å²) in [6, 6.07) is 0. The number of amides is 2. The van der Waals surface area contributed by atoms with Crippen molar-refractivity contribution in [3.8, 4) is 0 Å². The number of carbonyl (C=O) groups excluding carboxylic acids is 2. The molecule has 0 bridgehead atoms. The van der Waals surface area contributed by atoms with Crippen LogP contribution in [-0.4, -0.2) is 68.2 Å². The summed E-state index contributed by atoms with van der Waals surface area (Å²) in [4.78, 5) is 27.9. The number of piperazine rings is 1. The molecular weight excluding hydrogens is 414 g/mol. The molecule has 33 heavy (non-hydrogen) atoms. The first-order valence-electron chi connectivity index (χ1n) is 14.0. The van der Waals surface area contributed by atoms with E-state index in [1.165, 1.54) is 83.5 Å².